The van der Waals surface area contributed by atoms with E-state index >= 15 is 0 Å². The van der Waals surface area contributed by atoms with Crippen LogP contribution in [0.25, 0.3) is 9.88 Å². The Morgan fingerprint density at radius 3 is 3.00 bits per heavy atom. The van der Waals surface area contributed by atoms with Gasteiger partial charge in [-0.2, -0.15) is 0 Å². The van der Waals surface area contributed by atoms with Crippen molar-refractivity contribution in [2.45, 2.75) is 6.54 Å². The number of nitrogens with zero attached hydrogens (tertiary/aromatic N) is 1. The number of hydrogen-bond acceptors (Lipinski definition) is 4. The zero-order chi connectivity index (χ0) is 15.5. The van der Waals surface area contributed by atoms with E-state index in [1.165, 1.54) is 23.5 Å². The Morgan fingerprint density at radius 2 is 2.23 bits per heavy atom. The first kappa shape index (κ1) is 15.3. The molecule has 0 bridgehead atoms. The average molecular weight is 397 g/mol. The lowest BCUT2D eigenvalue weighted by Crippen LogP contribution is -2.22. The average Bonchev–Trinajstić information content (AvgIpc) is 3.18. The zero-order valence-corrected chi connectivity index (χ0v) is 14.4. The summed E-state index contributed by atoms with van der Waals surface area (Å²) < 4.78 is 14.0. The molecule has 0 unspecified atom stereocenters. The molecule has 2 heterocycles. The van der Waals surface area contributed by atoms with Gasteiger partial charge in [0.05, 0.1) is 11.1 Å². The molecule has 0 atom stereocenters. The Morgan fingerprint density at radius 1 is 1.36 bits per heavy atom. The van der Waals surface area contributed by atoms with E-state index in [2.05, 4.69) is 26.2 Å². The van der Waals surface area contributed by atoms with Crippen LogP contribution in [0.5, 0.6) is 0 Å². The van der Waals surface area contributed by atoms with Crippen LogP contribution in [0.15, 0.2) is 46.4 Å². The zero-order valence-electron chi connectivity index (χ0n) is 11.2. The van der Waals surface area contributed by atoms with Crippen LogP contribution in [0.1, 0.15) is 15.2 Å². The largest absolute Gasteiger partial charge is 0.347 e. The molecule has 0 radical (unpaired) electrons. The first-order valence-electron chi connectivity index (χ1n) is 6.35. The van der Waals surface area contributed by atoms with E-state index in [0.717, 1.165) is 14.4 Å². The van der Waals surface area contributed by atoms with Gasteiger partial charge in [0, 0.05) is 11.0 Å². The second kappa shape index (κ2) is 6.68. The van der Waals surface area contributed by atoms with E-state index in [0.29, 0.717) is 10.4 Å². The molecule has 0 fully saturated rings. The summed E-state index contributed by atoms with van der Waals surface area (Å²) in [6, 6.07) is 8.30. The van der Waals surface area contributed by atoms with Gasteiger partial charge in [0.1, 0.15) is 15.7 Å². The quantitative estimate of drug-likeness (QED) is 0.693. The number of hydrogen-bond donors (Lipinski definition) is 1. The highest BCUT2D eigenvalue weighted by Gasteiger charge is 2.12. The molecule has 7 heteroatoms. The van der Waals surface area contributed by atoms with Gasteiger partial charge in [-0.1, -0.05) is 22.0 Å². The van der Waals surface area contributed by atoms with Crippen LogP contribution in [-0.2, 0) is 6.54 Å². The number of amides is 1. The summed E-state index contributed by atoms with van der Waals surface area (Å²) in [4.78, 5) is 18.0. The van der Waals surface area contributed by atoms with Crippen molar-refractivity contribution >= 4 is 44.5 Å². The summed E-state index contributed by atoms with van der Waals surface area (Å²) >= 11 is 6.27. The fraction of sp³-hybridized carbons (Fsp3) is 0.0667. The maximum absolute atomic E-state index is 13.2. The van der Waals surface area contributed by atoms with Crippen LogP contribution in [-0.4, -0.2) is 10.9 Å². The Balaban J connectivity index is 1.69. The predicted octanol–water partition coefficient (Wildman–Crippen LogP) is 4.70. The molecule has 3 rings (SSSR count). The molecule has 3 nitrogen and oxygen atoms in total. The predicted molar refractivity (Wildman–Crippen MR) is 90.7 cm³/mol. The van der Waals surface area contributed by atoms with Gasteiger partial charge >= 0.3 is 0 Å². The Hall–Kier alpha value is -1.57. The van der Waals surface area contributed by atoms with Gasteiger partial charge in [0.15, 0.2) is 0 Å². The lowest BCUT2D eigenvalue weighted by Gasteiger charge is -2.06. The number of thiophene rings is 1. The fourth-order valence-electron chi connectivity index (χ4n) is 1.83. The number of halogens is 2. The Labute approximate surface area is 143 Å². The van der Waals surface area contributed by atoms with Crippen LogP contribution >= 0.6 is 38.6 Å². The normalized spacial score (nSPS) is 10.6. The lowest BCUT2D eigenvalue weighted by atomic mass is 10.2. The third-order valence-corrected chi connectivity index (χ3v) is 5.72. The molecule has 0 spiro atoms. The van der Waals surface area contributed by atoms with Crippen LogP contribution in [0.3, 0.4) is 0 Å². The molecular weight excluding hydrogens is 387 g/mol. The minimum absolute atomic E-state index is 0.212. The van der Waals surface area contributed by atoms with E-state index < -0.39 is 0 Å². The third-order valence-electron chi connectivity index (χ3n) is 2.91. The molecule has 112 valence electrons. The van der Waals surface area contributed by atoms with E-state index in [1.807, 2.05) is 17.5 Å². The molecule has 0 saturated heterocycles. The molecule has 3 aromatic rings. The molecule has 0 aliphatic carbocycles. The van der Waals surface area contributed by atoms with Gasteiger partial charge in [-0.25, -0.2) is 9.37 Å². The highest BCUT2D eigenvalue weighted by Crippen LogP contribution is 2.28. The van der Waals surface area contributed by atoms with Gasteiger partial charge in [0.25, 0.3) is 5.91 Å². The van der Waals surface area contributed by atoms with E-state index in [1.54, 1.807) is 23.6 Å². The maximum atomic E-state index is 13.2. The smallest absolute Gasteiger partial charge is 0.263 e. The molecule has 2 aromatic heterocycles. The van der Waals surface area contributed by atoms with Crippen LogP contribution in [0.2, 0.25) is 0 Å². The molecule has 1 N–H and O–H groups in total. The van der Waals surface area contributed by atoms with Crippen LogP contribution < -0.4 is 5.32 Å². The number of thiazole rings is 1. The SMILES string of the molecule is O=C(NCc1cc(F)ccc1Br)c1cnc(-c2cccs2)s1. The number of aromatic nitrogens is 1. The topological polar surface area (TPSA) is 42.0 Å². The maximum Gasteiger partial charge on any atom is 0.263 e. The van der Waals surface area contributed by atoms with Crippen molar-refractivity contribution in [1.82, 2.24) is 10.3 Å². The molecule has 1 aromatic carbocycles. The minimum atomic E-state index is -0.328. The van der Waals surface area contributed by atoms with Gasteiger partial charge < -0.3 is 5.32 Å². The molecule has 0 aliphatic rings. The first-order chi connectivity index (χ1) is 10.6. The number of rotatable bonds is 4. The van der Waals surface area contributed by atoms with Crippen molar-refractivity contribution in [2.24, 2.45) is 0 Å². The Bertz CT molecular complexity index is 802. The summed E-state index contributed by atoms with van der Waals surface area (Å²) in [5, 5.41) is 5.58. The highest BCUT2D eigenvalue weighted by atomic mass is 79.9. The highest BCUT2D eigenvalue weighted by molar-refractivity contribution is 9.10. The molecule has 0 saturated carbocycles. The molecule has 1 amide bonds. The van der Waals surface area contributed by atoms with Crippen molar-refractivity contribution < 1.29 is 9.18 Å². The number of nitrogens with one attached hydrogen (secondary N) is 1. The van der Waals surface area contributed by atoms with Gasteiger partial charge in [-0.05, 0) is 35.2 Å². The van der Waals surface area contributed by atoms with Crippen LogP contribution in [0, 0.1) is 5.82 Å². The second-order valence-electron chi connectivity index (χ2n) is 4.43. The summed E-state index contributed by atoms with van der Waals surface area (Å²) in [7, 11) is 0. The lowest BCUT2D eigenvalue weighted by molar-refractivity contribution is 0.0954. The van der Waals surface area contributed by atoms with Gasteiger partial charge in [-0.15, -0.1) is 22.7 Å². The molecular formula is C15H10BrFN2OS2. The summed E-state index contributed by atoms with van der Waals surface area (Å²) in [5.41, 5.74) is 0.691. The first-order valence-corrected chi connectivity index (χ1v) is 8.84. The second-order valence-corrected chi connectivity index (χ2v) is 7.26. The van der Waals surface area contributed by atoms with Crippen LogP contribution in [0.4, 0.5) is 4.39 Å². The summed E-state index contributed by atoms with van der Waals surface area (Å²) in [5.74, 6) is -0.540. The minimum Gasteiger partial charge on any atom is -0.347 e. The van der Waals surface area contributed by atoms with E-state index in [9.17, 15) is 9.18 Å². The molecule has 0 aliphatic heterocycles. The summed E-state index contributed by atoms with van der Waals surface area (Å²) in [6.07, 6.45) is 1.57. The Kier molecular flexibility index (Phi) is 4.66. The number of carbonyl (C=O) groups is 1. The third kappa shape index (κ3) is 3.43. The monoisotopic (exact) mass is 396 g/mol. The van der Waals surface area contributed by atoms with Crippen molar-refractivity contribution in [3.63, 3.8) is 0 Å². The van der Waals surface area contributed by atoms with Crippen molar-refractivity contribution in [1.29, 1.82) is 0 Å². The van der Waals surface area contributed by atoms with Gasteiger partial charge in [-0.3, -0.25) is 4.79 Å². The van der Waals surface area contributed by atoms with Crippen molar-refractivity contribution in [3.8, 4) is 9.88 Å². The number of carbonyl (C=O) groups excluding carboxylic acids is 1. The van der Waals surface area contributed by atoms with Crippen molar-refractivity contribution in [3.05, 3.63) is 62.6 Å². The van der Waals surface area contributed by atoms with E-state index in [-0.39, 0.29) is 18.3 Å². The van der Waals surface area contributed by atoms with Crippen molar-refractivity contribution in [2.75, 3.05) is 0 Å². The number of benzene rings is 1. The van der Waals surface area contributed by atoms with Gasteiger partial charge in [0.2, 0.25) is 0 Å². The standard InChI is InChI=1S/C15H10BrFN2OS2/c16-11-4-3-10(17)6-9(11)7-18-14(20)13-8-19-15(22-13)12-2-1-5-21-12/h1-6,8H,7H2,(H,18,20). The fourth-order valence-corrected chi connectivity index (χ4v) is 3.86. The summed E-state index contributed by atoms with van der Waals surface area (Å²) in [6.45, 7) is 0.253. The molecule has 22 heavy (non-hydrogen) atoms. The van der Waals surface area contributed by atoms with E-state index in [4.69, 9.17) is 0 Å².